The number of carbonyl (C=O) groups excluding carboxylic acids is 4. The van der Waals surface area contributed by atoms with E-state index in [1.54, 1.807) is 128 Å². The molecule has 0 aliphatic carbocycles. The van der Waals surface area contributed by atoms with Crippen molar-refractivity contribution in [3.8, 4) is 0 Å². The molecule has 5 aromatic carbocycles. The van der Waals surface area contributed by atoms with Gasteiger partial charge in [-0.25, -0.2) is 19.2 Å². The van der Waals surface area contributed by atoms with Crippen molar-refractivity contribution in [1.82, 2.24) is 0 Å². The summed E-state index contributed by atoms with van der Waals surface area (Å²) in [7, 11) is 0. The highest BCUT2D eigenvalue weighted by molar-refractivity contribution is 5.91. The zero-order valence-electron chi connectivity index (χ0n) is 28.2. The first-order valence-electron chi connectivity index (χ1n) is 16.6. The van der Waals surface area contributed by atoms with Crippen molar-refractivity contribution in [1.29, 1.82) is 0 Å². The Hall–Kier alpha value is -6.10. The van der Waals surface area contributed by atoms with Crippen LogP contribution in [0.2, 0.25) is 0 Å². The van der Waals surface area contributed by atoms with Gasteiger partial charge in [0.25, 0.3) is 0 Å². The quantitative estimate of drug-likeness (QED) is 0.101. The first kappa shape index (κ1) is 35.7. The Balaban J connectivity index is 1.42. The Morgan fingerprint density at radius 2 is 0.923 bits per heavy atom. The monoisotopic (exact) mass is 700 g/mol. The molecule has 6 rings (SSSR count). The molecule has 5 atom stereocenters. The second-order valence-electron chi connectivity index (χ2n) is 12.2. The number of benzene rings is 5. The van der Waals surface area contributed by atoms with Crippen LogP contribution in [0.3, 0.4) is 0 Å². The van der Waals surface area contributed by atoms with E-state index >= 15 is 0 Å². The summed E-state index contributed by atoms with van der Waals surface area (Å²) in [6.07, 6.45) is -5.79. The van der Waals surface area contributed by atoms with E-state index < -0.39 is 60.7 Å². The van der Waals surface area contributed by atoms with Crippen LogP contribution in [0.1, 0.15) is 53.9 Å². The number of rotatable bonds is 12. The maximum atomic E-state index is 13.7. The topological polar surface area (TPSA) is 124 Å². The third-order valence-corrected chi connectivity index (χ3v) is 8.39. The van der Waals surface area contributed by atoms with E-state index in [-0.39, 0.29) is 28.9 Å². The summed E-state index contributed by atoms with van der Waals surface area (Å²) in [5.41, 5.74) is -0.0451. The Morgan fingerprint density at radius 3 is 1.40 bits per heavy atom. The van der Waals surface area contributed by atoms with Gasteiger partial charge in [-0.3, -0.25) is 0 Å². The molecule has 10 nitrogen and oxygen atoms in total. The lowest BCUT2D eigenvalue weighted by Crippen LogP contribution is -2.68. The zero-order chi connectivity index (χ0) is 36.3. The van der Waals surface area contributed by atoms with Gasteiger partial charge in [-0.2, -0.15) is 0 Å². The molecule has 0 amide bonds. The van der Waals surface area contributed by atoms with Crippen LogP contribution in [0, 0.1) is 0 Å². The maximum absolute atomic E-state index is 13.7. The lowest BCUT2D eigenvalue weighted by Gasteiger charge is -2.49. The van der Waals surface area contributed by atoms with Gasteiger partial charge in [-0.05, 0) is 61.0 Å². The van der Waals surface area contributed by atoms with Gasteiger partial charge >= 0.3 is 23.9 Å². The summed E-state index contributed by atoms with van der Waals surface area (Å²) < 4.78 is 36.9. The molecule has 0 spiro atoms. The maximum Gasteiger partial charge on any atom is 0.340 e. The number of ether oxygens (including phenoxy) is 6. The summed E-state index contributed by atoms with van der Waals surface area (Å²) >= 11 is 0. The van der Waals surface area contributed by atoms with Gasteiger partial charge in [-0.15, -0.1) is 0 Å². The summed E-state index contributed by atoms with van der Waals surface area (Å²) in [4.78, 5) is 54.2. The molecule has 0 N–H and O–H groups in total. The third kappa shape index (κ3) is 8.79. The minimum Gasteiger partial charge on any atom is -0.459 e. The second kappa shape index (κ2) is 16.7. The fraction of sp³-hybridized carbons (Fsp3) is 0.190. The molecule has 0 radical (unpaired) electrons. The molecule has 1 aliphatic rings. The summed E-state index contributed by atoms with van der Waals surface area (Å²) in [5, 5.41) is 0. The Kier molecular flexibility index (Phi) is 11.5. The van der Waals surface area contributed by atoms with Crippen LogP contribution in [-0.4, -0.2) is 60.7 Å². The van der Waals surface area contributed by atoms with Crippen LogP contribution >= 0.6 is 0 Å². The van der Waals surface area contributed by atoms with E-state index in [1.165, 1.54) is 0 Å². The summed E-state index contributed by atoms with van der Waals surface area (Å²) in [6.45, 7) is 1.05. The largest absolute Gasteiger partial charge is 0.459 e. The van der Waals surface area contributed by atoms with Crippen molar-refractivity contribution in [2.24, 2.45) is 0 Å². The Bertz CT molecular complexity index is 1940. The van der Waals surface area contributed by atoms with Crippen LogP contribution in [0.25, 0.3) is 0 Å². The molecule has 0 unspecified atom stereocenters. The van der Waals surface area contributed by atoms with Crippen LogP contribution in [-0.2, 0) is 35.0 Å². The van der Waals surface area contributed by atoms with Crippen molar-refractivity contribution in [3.05, 3.63) is 179 Å². The molecular weight excluding hydrogens is 664 g/mol. The van der Waals surface area contributed by atoms with Crippen LogP contribution < -0.4 is 0 Å². The first-order valence-corrected chi connectivity index (χ1v) is 16.6. The Morgan fingerprint density at radius 1 is 0.519 bits per heavy atom. The van der Waals surface area contributed by atoms with Crippen molar-refractivity contribution >= 4 is 23.9 Å². The fourth-order valence-corrected chi connectivity index (χ4v) is 5.68. The van der Waals surface area contributed by atoms with Gasteiger partial charge < -0.3 is 28.4 Å². The highest BCUT2D eigenvalue weighted by Gasteiger charge is 2.59. The normalized spacial score (nSPS) is 20.9. The van der Waals surface area contributed by atoms with E-state index in [4.69, 9.17) is 28.4 Å². The predicted octanol–water partition coefficient (Wildman–Crippen LogP) is 6.85. The fourth-order valence-electron chi connectivity index (χ4n) is 5.68. The zero-order valence-corrected chi connectivity index (χ0v) is 28.2. The van der Waals surface area contributed by atoms with E-state index in [0.29, 0.717) is 0 Å². The van der Waals surface area contributed by atoms with E-state index in [1.807, 2.05) is 30.3 Å². The van der Waals surface area contributed by atoms with Crippen LogP contribution in [0.15, 0.2) is 152 Å². The molecule has 1 aliphatic heterocycles. The minimum atomic E-state index is -1.71. The van der Waals surface area contributed by atoms with Crippen LogP contribution in [0.4, 0.5) is 0 Å². The molecule has 0 saturated carbocycles. The third-order valence-electron chi connectivity index (χ3n) is 8.39. The molecule has 0 aromatic heterocycles. The summed E-state index contributed by atoms with van der Waals surface area (Å²) in [5.74, 6) is -2.96. The molecule has 264 valence electrons. The van der Waals surface area contributed by atoms with Gasteiger partial charge in [0, 0.05) is 0 Å². The highest BCUT2D eigenvalue weighted by Crippen LogP contribution is 2.38. The molecule has 10 heteroatoms. The van der Waals surface area contributed by atoms with Crippen molar-refractivity contribution in [2.75, 3.05) is 6.61 Å². The molecule has 1 fully saturated rings. The molecule has 1 saturated heterocycles. The number of esters is 4. The van der Waals surface area contributed by atoms with Crippen molar-refractivity contribution in [3.63, 3.8) is 0 Å². The number of carbonyl (C=O) groups is 4. The molecular formula is C42H36O10. The summed E-state index contributed by atoms with van der Waals surface area (Å²) in [6, 6.07) is 42.2. The minimum absolute atomic E-state index is 0.0243. The van der Waals surface area contributed by atoms with Gasteiger partial charge in [0.1, 0.15) is 18.3 Å². The molecule has 52 heavy (non-hydrogen) atoms. The highest BCUT2D eigenvalue weighted by atomic mass is 16.8. The van der Waals surface area contributed by atoms with E-state index in [2.05, 4.69) is 0 Å². The van der Waals surface area contributed by atoms with Gasteiger partial charge in [0.05, 0.1) is 28.9 Å². The SMILES string of the molecule is C[C@]1(COC(=O)c2ccccc2)O[C@H](OC(=O)c2ccccc2)[C@H](OC(=O)c2ccccc2)[C@@H](OCc2ccccc2)[C@@H]1OC(=O)c1ccccc1. The number of hydrogen-bond acceptors (Lipinski definition) is 10. The molecule has 1 heterocycles. The average molecular weight is 701 g/mol. The van der Waals surface area contributed by atoms with E-state index in [9.17, 15) is 19.2 Å². The first-order chi connectivity index (χ1) is 25.3. The van der Waals surface area contributed by atoms with Gasteiger partial charge in [0.2, 0.25) is 6.29 Å². The standard InChI is InChI=1S/C42H36O10/c1-42(28-48-37(43)30-19-9-3-10-20-30)36(50-39(45)32-23-13-5-14-24-32)34(47-27-29-17-7-2-8-18-29)35(49-38(44)31-21-11-4-12-22-31)41(52-42)51-40(46)33-25-15-6-16-26-33/h2-26,34-36,41H,27-28H2,1H3/t34-,35-,36+,41+,42-/m1/s1. The number of hydrogen-bond donors (Lipinski definition) is 0. The molecule has 5 aromatic rings. The smallest absolute Gasteiger partial charge is 0.340 e. The van der Waals surface area contributed by atoms with Gasteiger partial charge in [0.15, 0.2) is 12.2 Å². The second-order valence-corrected chi connectivity index (χ2v) is 12.2. The molecule has 0 bridgehead atoms. The van der Waals surface area contributed by atoms with Crippen molar-refractivity contribution in [2.45, 2.75) is 43.7 Å². The Labute approximate surface area is 300 Å². The lowest BCUT2D eigenvalue weighted by molar-refractivity contribution is -0.325. The van der Waals surface area contributed by atoms with Crippen LogP contribution in [0.5, 0.6) is 0 Å². The average Bonchev–Trinajstić information content (AvgIpc) is 3.20. The van der Waals surface area contributed by atoms with Crippen molar-refractivity contribution < 1.29 is 47.6 Å². The predicted molar refractivity (Wildman–Crippen MR) is 188 cm³/mol. The van der Waals surface area contributed by atoms with Gasteiger partial charge in [-0.1, -0.05) is 103 Å². The lowest BCUT2D eigenvalue weighted by atomic mass is 9.87. The van der Waals surface area contributed by atoms with E-state index in [0.717, 1.165) is 5.56 Å².